The maximum atomic E-state index is 11.2. The van der Waals surface area contributed by atoms with E-state index in [0.717, 1.165) is 23.4 Å². The van der Waals surface area contributed by atoms with Crippen molar-refractivity contribution in [3.63, 3.8) is 0 Å². The molecule has 1 aliphatic carbocycles. The number of hydrogen-bond donors (Lipinski definition) is 1. The van der Waals surface area contributed by atoms with Crippen molar-refractivity contribution in [3.05, 3.63) is 112 Å². The van der Waals surface area contributed by atoms with E-state index in [4.69, 9.17) is 0 Å². The summed E-state index contributed by atoms with van der Waals surface area (Å²) in [4.78, 5) is 12.2. The van der Waals surface area contributed by atoms with E-state index in [2.05, 4.69) is 59.9 Å². The van der Waals surface area contributed by atoms with Crippen LogP contribution in [-0.4, -0.2) is 4.92 Å². The van der Waals surface area contributed by atoms with Crippen LogP contribution in [0.15, 0.2) is 89.8 Å². The van der Waals surface area contributed by atoms with Crippen molar-refractivity contribution in [2.24, 2.45) is 5.92 Å². The van der Waals surface area contributed by atoms with Crippen molar-refractivity contribution in [1.82, 2.24) is 0 Å². The zero-order chi connectivity index (χ0) is 20.5. The van der Waals surface area contributed by atoms with Crippen LogP contribution < -0.4 is 5.32 Å². The highest BCUT2D eigenvalue weighted by Gasteiger charge is 2.38. The highest BCUT2D eigenvalue weighted by molar-refractivity contribution is 7.98. The number of fused-ring (bicyclic) bond motifs is 3. The number of non-ortho nitro benzene ring substituents is 1. The maximum Gasteiger partial charge on any atom is 0.269 e. The van der Waals surface area contributed by atoms with Crippen LogP contribution in [0.3, 0.4) is 0 Å². The molecule has 0 aromatic heterocycles. The van der Waals surface area contributed by atoms with Gasteiger partial charge in [0.1, 0.15) is 0 Å². The molecule has 1 heterocycles. The number of rotatable bonds is 5. The van der Waals surface area contributed by atoms with E-state index in [0.29, 0.717) is 11.8 Å². The van der Waals surface area contributed by atoms with E-state index in [1.807, 2.05) is 23.9 Å². The highest BCUT2D eigenvalue weighted by Crippen LogP contribution is 2.50. The van der Waals surface area contributed by atoms with Gasteiger partial charge in [0, 0.05) is 34.4 Å². The van der Waals surface area contributed by atoms with E-state index in [9.17, 15) is 10.1 Å². The van der Waals surface area contributed by atoms with Crippen LogP contribution in [0.5, 0.6) is 0 Å². The normalized spacial score (nSPS) is 21.5. The third kappa shape index (κ3) is 3.61. The topological polar surface area (TPSA) is 55.2 Å². The summed E-state index contributed by atoms with van der Waals surface area (Å²) < 4.78 is 0. The first-order valence-electron chi connectivity index (χ1n) is 10.2. The van der Waals surface area contributed by atoms with Crippen molar-refractivity contribution in [3.8, 4) is 0 Å². The van der Waals surface area contributed by atoms with Crippen molar-refractivity contribution >= 4 is 23.1 Å². The van der Waals surface area contributed by atoms with Crippen LogP contribution >= 0.6 is 11.8 Å². The maximum absolute atomic E-state index is 11.2. The van der Waals surface area contributed by atoms with E-state index in [1.54, 1.807) is 18.2 Å². The average molecular weight is 415 g/mol. The number of thioether (sulfide) groups is 1. The van der Waals surface area contributed by atoms with E-state index < -0.39 is 0 Å². The Kier molecular flexibility index (Phi) is 5.05. The van der Waals surface area contributed by atoms with Gasteiger partial charge in [-0.2, -0.15) is 0 Å². The van der Waals surface area contributed by atoms with Crippen LogP contribution in [0.1, 0.15) is 35.1 Å². The second-order valence-electron chi connectivity index (χ2n) is 7.85. The molecule has 0 fully saturated rings. The number of nitrogens with one attached hydrogen (secondary N) is 1. The van der Waals surface area contributed by atoms with Gasteiger partial charge in [-0.1, -0.05) is 54.6 Å². The number of allylic oxidation sites excluding steroid dienone is 2. The smallest absolute Gasteiger partial charge is 0.269 e. The van der Waals surface area contributed by atoms with Gasteiger partial charge in [-0.25, -0.2) is 0 Å². The largest absolute Gasteiger partial charge is 0.378 e. The van der Waals surface area contributed by atoms with Crippen LogP contribution in [-0.2, 0) is 5.75 Å². The van der Waals surface area contributed by atoms with Crippen molar-refractivity contribution in [2.45, 2.75) is 29.0 Å². The Morgan fingerprint density at radius 2 is 1.90 bits per heavy atom. The molecule has 0 radical (unpaired) electrons. The lowest BCUT2D eigenvalue weighted by Crippen LogP contribution is -2.29. The minimum absolute atomic E-state index is 0.0712. The zero-order valence-electron chi connectivity index (χ0n) is 16.4. The van der Waals surface area contributed by atoms with Crippen LogP contribution in [0.2, 0.25) is 0 Å². The van der Waals surface area contributed by atoms with Crippen LogP contribution in [0, 0.1) is 16.0 Å². The molecule has 0 bridgehead atoms. The third-order valence-electron chi connectivity index (χ3n) is 6.02. The third-order valence-corrected chi connectivity index (χ3v) is 7.10. The van der Waals surface area contributed by atoms with Crippen molar-refractivity contribution in [1.29, 1.82) is 0 Å². The zero-order valence-corrected chi connectivity index (χ0v) is 17.2. The summed E-state index contributed by atoms with van der Waals surface area (Å²) in [6, 6.07) is 24.3. The Morgan fingerprint density at radius 3 is 2.73 bits per heavy atom. The number of nitrogens with zero attached hydrogens (tertiary/aromatic N) is 1. The standard InChI is InChI=1S/C25H22N2O2S/c28-27(29)19-7-4-6-18(15-19)25-22-11-5-10-21(22)23-14-17(12-13-24(23)26-25)16-30-20-8-2-1-3-9-20/h1-10,12-15,21-22,25-26H,11,16H2/t21-,22+,25-/m0/s1. The summed E-state index contributed by atoms with van der Waals surface area (Å²) in [6.45, 7) is 0. The van der Waals surface area contributed by atoms with Gasteiger partial charge in [-0.15, -0.1) is 11.8 Å². The quantitative estimate of drug-likeness (QED) is 0.218. The molecule has 0 spiro atoms. The highest BCUT2D eigenvalue weighted by atomic mass is 32.2. The van der Waals surface area contributed by atoms with Crippen LogP contribution in [0.25, 0.3) is 0 Å². The minimum Gasteiger partial charge on any atom is -0.378 e. The summed E-state index contributed by atoms with van der Waals surface area (Å²) in [5.74, 6) is 1.65. The summed E-state index contributed by atoms with van der Waals surface area (Å²) in [6.07, 6.45) is 5.54. The van der Waals surface area contributed by atoms with Crippen LogP contribution in [0.4, 0.5) is 11.4 Å². The summed E-state index contributed by atoms with van der Waals surface area (Å²) in [5.41, 5.74) is 4.92. The predicted molar refractivity (Wildman–Crippen MR) is 122 cm³/mol. The van der Waals surface area contributed by atoms with Gasteiger partial charge in [0.25, 0.3) is 5.69 Å². The van der Waals surface area contributed by atoms with Crippen molar-refractivity contribution in [2.75, 3.05) is 5.32 Å². The molecule has 1 aliphatic heterocycles. The van der Waals surface area contributed by atoms with Crippen molar-refractivity contribution < 1.29 is 4.92 Å². The molecular formula is C25H22N2O2S. The fourth-order valence-corrected chi connectivity index (χ4v) is 5.44. The Labute approximate surface area is 180 Å². The summed E-state index contributed by atoms with van der Waals surface area (Å²) >= 11 is 1.85. The molecule has 0 unspecified atom stereocenters. The number of benzene rings is 3. The molecule has 5 heteroatoms. The van der Waals surface area contributed by atoms with Gasteiger partial charge in [0.05, 0.1) is 11.0 Å². The summed E-state index contributed by atoms with van der Waals surface area (Å²) in [7, 11) is 0. The van der Waals surface area contributed by atoms with Gasteiger partial charge in [0.15, 0.2) is 0 Å². The molecule has 30 heavy (non-hydrogen) atoms. The number of nitro benzene ring substituents is 1. The van der Waals surface area contributed by atoms with Gasteiger partial charge >= 0.3 is 0 Å². The Balaban J connectivity index is 1.42. The SMILES string of the molecule is O=[N+]([O-])c1cccc([C@@H]2Nc3ccc(CSc4ccccc4)cc3[C@H]3C=CC[C@H]32)c1. The second kappa shape index (κ2) is 8.00. The number of nitro groups is 1. The molecule has 5 rings (SSSR count). The number of anilines is 1. The monoisotopic (exact) mass is 414 g/mol. The molecule has 0 saturated heterocycles. The number of hydrogen-bond acceptors (Lipinski definition) is 4. The molecule has 150 valence electrons. The van der Waals surface area contributed by atoms with Gasteiger partial charge in [-0.05, 0) is 47.2 Å². The fourth-order valence-electron chi connectivity index (χ4n) is 4.58. The van der Waals surface area contributed by atoms with Gasteiger partial charge in [-0.3, -0.25) is 10.1 Å². The lowest BCUT2D eigenvalue weighted by atomic mass is 9.76. The molecule has 4 nitrogen and oxygen atoms in total. The van der Waals surface area contributed by atoms with E-state index in [-0.39, 0.29) is 16.7 Å². The molecule has 2 aliphatic rings. The molecule has 3 atom stereocenters. The molecule has 3 aromatic carbocycles. The average Bonchev–Trinajstić information content (AvgIpc) is 3.28. The molecule has 3 aromatic rings. The Morgan fingerprint density at radius 1 is 1.03 bits per heavy atom. The molecule has 0 saturated carbocycles. The van der Waals surface area contributed by atoms with E-state index in [1.165, 1.54) is 16.0 Å². The summed E-state index contributed by atoms with van der Waals surface area (Å²) in [5, 5.41) is 14.9. The van der Waals surface area contributed by atoms with Gasteiger partial charge < -0.3 is 5.32 Å². The van der Waals surface area contributed by atoms with Gasteiger partial charge in [0.2, 0.25) is 0 Å². The lowest BCUT2D eigenvalue weighted by Gasteiger charge is -2.37. The first-order chi connectivity index (χ1) is 14.7. The van der Waals surface area contributed by atoms with E-state index >= 15 is 0 Å². The second-order valence-corrected chi connectivity index (χ2v) is 8.90. The Bertz CT molecular complexity index is 1110. The molecule has 1 N–H and O–H groups in total. The molecule has 0 amide bonds. The predicted octanol–water partition coefficient (Wildman–Crippen LogP) is 6.71. The fraction of sp³-hybridized carbons (Fsp3) is 0.200. The molecular weight excluding hydrogens is 392 g/mol. The first kappa shape index (κ1) is 18.9. The lowest BCUT2D eigenvalue weighted by molar-refractivity contribution is -0.384. The Hall–Kier alpha value is -3.05. The minimum atomic E-state index is -0.318. The first-order valence-corrected chi connectivity index (χ1v) is 11.2.